The maximum Gasteiger partial charge on any atom is 0.225 e. The molecule has 0 aliphatic rings. The van der Waals surface area contributed by atoms with Crippen molar-refractivity contribution in [3.05, 3.63) is 29.8 Å². The van der Waals surface area contributed by atoms with Crippen molar-refractivity contribution in [2.24, 2.45) is 10.4 Å². The van der Waals surface area contributed by atoms with Gasteiger partial charge in [-0.3, -0.25) is 9.79 Å². The highest BCUT2D eigenvalue weighted by molar-refractivity contribution is 14.0. The van der Waals surface area contributed by atoms with Crippen molar-refractivity contribution < 1.29 is 13.2 Å². The molecule has 0 aliphatic heterocycles. The van der Waals surface area contributed by atoms with Gasteiger partial charge in [-0.15, -0.1) is 24.0 Å². The van der Waals surface area contributed by atoms with Gasteiger partial charge < -0.3 is 16.0 Å². The number of carbonyl (C=O) groups excluding carboxylic acids is 1. The Morgan fingerprint density at radius 1 is 1.04 bits per heavy atom. The van der Waals surface area contributed by atoms with E-state index < -0.39 is 15.3 Å². The Hall–Kier alpha value is -1.36. The summed E-state index contributed by atoms with van der Waals surface area (Å²) in [6.07, 6.45) is 1.91. The zero-order valence-corrected chi connectivity index (χ0v) is 20.5. The largest absolute Gasteiger partial charge is 0.357 e. The molecule has 0 saturated heterocycles. The van der Waals surface area contributed by atoms with E-state index in [1.807, 2.05) is 39.8 Å². The zero-order chi connectivity index (χ0) is 20.5. The van der Waals surface area contributed by atoms with Gasteiger partial charge in [0.05, 0.1) is 4.90 Å². The van der Waals surface area contributed by atoms with E-state index in [0.717, 1.165) is 12.1 Å². The standard InChI is InChI=1S/C19H32N4O3S.HI/c1-6-20-18(23-14-13-21-17(24)19(2,3)4)22-12-11-15-7-9-16(10-8-15)27(5,25)26;/h7-10H,6,11-14H2,1-5H3,(H,21,24)(H2,20,22,23);1H. The number of guanidine groups is 1. The van der Waals surface area contributed by atoms with Crippen LogP contribution in [0.15, 0.2) is 34.2 Å². The van der Waals surface area contributed by atoms with Crippen LogP contribution in [0.1, 0.15) is 33.3 Å². The van der Waals surface area contributed by atoms with Crippen LogP contribution in [-0.2, 0) is 21.1 Å². The molecule has 0 aromatic heterocycles. The molecular formula is C19H33IN4O3S. The normalized spacial score (nSPS) is 12.1. The molecule has 0 heterocycles. The number of nitrogens with one attached hydrogen (secondary N) is 3. The molecule has 28 heavy (non-hydrogen) atoms. The SMILES string of the molecule is CCNC(=NCCc1ccc(S(C)(=O)=O)cc1)NCCNC(=O)C(C)(C)C.I. The Morgan fingerprint density at radius 2 is 1.61 bits per heavy atom. The Bertz CT molecular complexity index is 741. The molecule has 0 saturated carbocycles. The molecule has 0 unspecified atom stereocenters. The number of amides is 1. The molecule has 1 aromatic carbocycles. The molecule has 1 amide bonds. The molecule has 0 bridgehead atoms. The summed E-state index contributed by atoms with van der Waals surface area (Å²) >= 11 is 0. The van der Waals surface area contributed by atoms with E-state index in [1.54, 1.807) is 12.1 Å². The third kappa shape index (κ3) is 10.3. The monoisotopic (exact) mass is 524 g/mol. The van der Waals surface area contributed by atoms with Crippen LogP contribution in [0, 0.1) is 5.41 Å². The predicted molar refractivity (Wildman–Crippen MR) is 125 cm³/mol. The number of sulfone groups is 1. The van der Waals surface area contributed by atoms with E-state index in [9.17, 15) is 13.2 Å². The lowest BCUT2D eigenvalue weighted by atomic mass is 9.96. The first-order chi connectivity index (χ1) is 12.5. The van der Waals surface area contributed by atoms with E-state index in [0.29, 0.717) is 36.9 Å². The smallest absolute Gasteiger partial charge is 0.225 e. The van der Waals surface area contributed by atoms with Crippen molar-refractivity contribution >= 4 is 45.7 Å². The fourth-order valence-corrected chi connectivity index (χ4v) is 2.79. The average Bonchev–Trinajstić information content (AvgIpc) is 2.57. The van der Waals surface area contributed by atoms with Crippen LogP contribution in [0.5, 0.6) is 0 Å². The maximum absolute atomic E-state index is 11.8. The molecule has 1 rings (SSSR count). The minimum Gasteiger partial charge on any atom is -0.357 e. The highest BCUT2D eigenvalue weighted by Crippen LogP contribution is 2.12. The highest BCUT2D eigenvalue weighted by atomic mass is 127. The predicted octanol–water partition coefficient (Wildman–Crippen LogP) is 1.97. The summed E-state index contributed by atoms with van der Waals surface area (Å²) in [6.45, 7) is 10.0. The summed E-state index contributed by atoms with van der Waals surface area (Å²) in [5, 5.41) is 9.24. The highest BCUT2D eigenvalue weighted by Gasteiger charge is 2.20. The number of benzene rings is 1. The second-order valence-electron chi connectivity index (χ2n) is 7.36. The lowest BCUT2D eigenvalue weighted by Gasteiger charge is -2.18. The molecule has 1 aromatic rings. The van der Waals surface area contributed by atoms with Crippen LogP contribution in [0.3, 0.4) is 0 Å². The van der Waals surface area contributed by atoms with Gasteiger partial charge in [0.1, 0.15) is 0 Å². The molecule has 0 spiro atoms. The number of aliphatic imine (C=N–C) groups is 1. The van der Waals surface area contributed by atoms with Crippen LogP contribution in [-0.4, -0.2) is 52.7 Å². The van der Waals surface area contributed by atoms with Gasteiger partial charge in [0.2, 0.25) is 5.91 Å². The lowest BCUT2D eigenvalue weighted by molar-refractivity contribution is -0.128. The first-order valence-corrected chi connectivity index (χ1v) is 11.0. The van der Waals surface area contributed by atoms with Crippen molar-refractivity contribution in [2.75, 3.05) is 32.4 Å². The molecule has 0 radical (unpaired) electrons. The minimum atomic E-state index is -3.17. The Balaban J connectivity index is 0.00000729. The summed E-state index contributed by atoms with van der Waals surface area (Å²) in [5.41, 5.74) is 0.630. The average molecular weight is 524 g/mol. The summed E-state index contributed by atoms with van der Waals surface area (Å²) in [4.78, 5) is 16.7. The fourth-order valence-electron chi connectivity index (χ4n) is 2.16. The number of rotatable bonds is 8. The Kier molecular flexibility index (Phi) is 11.7. The molecular weight excluding hydrogens is 491 g/mol. The molecule has 0 atom stereocenters. The number of hydrogen-bond acceptors (Lipinski definition) is 4. The van der Waals surface area contributed by atoms with Gasteiger partial charge in [0.25, 0.3) is 0 Å². The molecule has 7 nitrogen and oxygen atoms in total. The summed E-state index contributed by atoms with van der Waals surface area (Å²) < 4.78 is 23.0. The second-order valence-corrected chi connectivity index (χ2v) is 9.38. The maximum atomic E-state index is 11.8. The van der Waals surface area contributed by atoms with E-state index in [-0.39, 0.29) is 29.9 Å². The van der Waals surface area contributed by atoms with Crippen molar-refractivity contribution in [1.29, 1.82) is 0 Å². The summed E-state index contributed by atoms with van der Waals surface area (Å²) in [7, 11) is -3.17. The van der Waals surface area contributed by atoms with Crippen LogP contribution in [0.4, 0.5) is 0 Å². The van der Waals surface area contributed by atoms with Crippen molar-refractivity contribution in [3.63, 3.8) is 0 Å². The van der Waals surface area contributed by atoms with Gasteiger partial charge in [-0.2, -0.15) is 0 Å². The van der Waals surface area contributed by atoms with Crippen LogP contribution in [0.25, 0.3) is 0 Å². The summed E-state index contributed by atoms with van der Waals surface area (Å²) in [6, 6.07) is 6.87. The summed E-state index contributed by atoms with van der Waals surface area (Å²) in [5.74, 6) is 0.707. The van der Waals surface area contributed by atoms with Crippen LogP contribution in [0.2, 0.25) is 0 Å². The molecule has 0 aliphatic carbocycles. The van der Waals surface area contributed by atoms with Crippen LogP contribution < -0.4 is 16.0 Å². The molecule has 0 fully saturated rings. The van der Waals surface area contributed by atoms with E-state index in [1.165, 1.54) is 6.26 Å². The van der Waals surface area contributed by atoms with Gasteiger partial charge in [-0.25, -0.2) is 8.42 Å². The Labute approximate surface area is 186 Å². The third-order valence-corrected chi connectivity index (χ3v) is 4.88. The second kappa shape index (κ2) is 12.3. The number of hydrogen-bond donors (Lipinski definition) is 3. The van der Waals surface area contributed by atoms with Gasteiger partial charge >= 0.3 is 0 Å². The minimum absolute atomic E-state index is 0. The number of nitrogens with zero attached hydrogens (tertiary/aromatic N) is 1. The topological polar surface area (TPSA) is 99.7 Å². The first kappa shape index (κ1) is 26.6. The molecule has 3 N–H and O–H groups in total. The van der Waals surface area contributed by atoms with Crippen LogP contribution >= 0.6 is 24.0 Å². The first-order valence-electron chi connectivity index (χ1n) is 9.13. The lowest BCUT2D eigenvalue weighted by Crippen LogP contribution is -2.43. The number of carbonyl (C=O) groups is 1. The van der Waals surface area contributed by atoms with Crippen molar-refractivity contribution in [3.8, 4) is 0 Å². The van der Waals surface area contributed by atoms with Gasteiger partial charge in [0, 0.05) is 37.8 Å². The molecule has 160 valence electrons. The Morgan fingerprint density at radius 3 is 2.11 bits per heavy atom. The van der Waals surface area contributed by atoms with Gasteiger partial charge in [0.15, 0.2) is 15.8 Å². The van der Waals surface area contributed by atoms with E-state index >= 15 is 0 Å². The van der Waals surface area contributed by atoms with E-state index in [2.05, 4.69) is 20.9 Å². The molecule has 9 heteroatoms. The van der Waals surface area contributed by atoms with E-state index in [4.69, 9.17) is 0 Å². The number of halogens is 1. The van der Waals surface area contributed by atoms with Gasteiger partial charge in [-0.05, 0) is 31.0 Å². The quantitative estimate of drug-likeness (QED) is 0.209. The van der Waals surface area contributed by atoms with Crippen molar-refractivity contribution in [1.82, 2.24) is 16.0 Å². The fraction of sp³-hybridized carbons (Fsp3) is 0.579. The van der Waals surface area contributed by atoms with Gasteiger partial charge in [-0.1, -0.05) is 32.9 Å². The third-order valence-electron chi connectivity index (χ3n) is 3.75. The zero-order valence-electron chi connectivity index (χ0n) is 17.3. The van der Waals surface area contributed by atoms with Crippen molar-refractivity contribution in [2.45, 2.75) is 39.0 Å².